The highest BCUT2D eigenvalue weighted by Crippen LogP contribution is 2.37. The van der Waals surface area contributed by atoms with E-state index in [1.165, 1.54) is 6.08 Å². The van der Waals surface area contributed by atoms with Crippen LogP contribution in [0, 0.1) is 12.3 Å². The van der Waals surface area contributed by atoms with Crippen LogP contribution in [0.1, 0.15) is 12.5 Å². The van der Waals surface area contributed by atoms with Crippen LogP contribution in [0.5, 0.6) is 11.5 Å². The zero-order valence-corrected chi connectivity index (χ0v) is 15.3. The molecule has 0 spiro atoms. The van der Waals surface area contributed by atoms with Crippen molar-refractivity contribution in [2.75, 3.05) is 19.8 Å². The summed E-state index contributed by atoms with van der Waals surface area (Å²) in [4.78, 5) is 25.1. The maximum absolute atomic E-state index is 12.3. The fourth-order valence-electron chi connectivity index (χ4n) is 2.22. The van der Waals surface area contributed by atoms with Crippen LogP contribution in [0.2, 0.25) is 0 Å². The number of benzene rings is 1. The Morgan fingerprint density at radius 3 is 2.80 bits per heavy atom. The third-order valence-electron chi connectivity index (χ3n) is 3.22. The van der Waals surface area contributed by atoms with Gasteiger partial charge in [-0.2, -0.15) is 0 Å². The second kappa shape index (κ2) is 8.40. The number of amides is 3. The summed E-state index contributed by atoms with van der Waals surface area (Å²) in [6.45, 7) is 6.06. The number of halogens is 1. The van der Waals surface area contributed by atoms with Gasteiger partial charge in [0, 0.05) is 6.54 Å². The van der Waals surface area contributed by atoms with Crippen LogP contribution < -0.4 is 14.8 Å². The predicted octanol–water partition coefficient (Wildman–Crippen LogP) is 2.94. The van der Waals surface area contributed by atoms with E-state index in [4.69, 9.17) is 15.9 Å². The fraction of sp³-hybridized carbons (Fsp3) is 0.222. The van der Waals surface area contributed by atoms with Crippen LogP contribution in [0.3, 0.4) is 0 Å². The first kappa shape index (κ1) is 18.6. The highest BCUT2D eigenvalue weighted by Gasteiger charge is 2.32. The van der Waals surface area contributed by atoms with Crippen molar-refractivity contribution >= 4 is 33.9 Å². The zero-order chi connectivity index (χ0) is 18.4. The molecule has 0 aromatic heterocycles. The van der Waals surface area contributed by atoms with Crippen molar-refractivity contribution in [1.82, 2.24) is 10.2 Å². The molecule has 6 nitrogen and oxygen atoms in total. The lowest BCUT2D eigenvalue weighted by atomic mass is 10.1. The minimum Gasteiger partial charge on any atom is -0.490 e. The normalized spacial score (nSPS) is 15.1. The largest absolute Gasteiger partial charge is 0.490 e. The maximum Gasteiger partial charge on any atom is 0.329 e. The van der Waals surface area contributed by atoms with E-state index >= 15 is 0 Å². The van der Waals surface area contributed by atoms with Gasteiger partial charge >= 0.3 is 6.03 Å². The van der Waals surface area contributed by atoms with E-state index in [0.717, 1.165) is 4.90 Å². The smallest absolute Gasteiger partial charge is 0.329 e. The van der Waals surface area contributed by atoms with Crippen LogP contribution in [-0.2, 0) is 4.79 Å². The number of hydrogen-bond donors (Lipinski definition) is 1. The maximum atomic E-state index is 12.3. The number of hydrogen-bond acceptors (Lipinski definition) is 4. The Labute approximate surface area is 154 Å². The predicted molar refractivity (Wildman–Crippen MR) is 98.1 cm³/mol. The zero-order valence-electron chi connectivity index (χ0n) is 13.7. The van der Waals surface area contributed by atoms with Gasteiger partial charge in [0.25, 0.3) is 5.91 Å². The molecule has 0 atom stereocenters. The Hall–Kier alpha value is -2.72. The number of rotatable bonds is 7. The number of nitrogens with zero attached hydrogens (tertiary/aromatic N) is 1. The summed E-state index contributed by atoms with van der Waals surface area (Å²) < 4.78 is 11.7. The van der Waals surface area contributed by atoms with Gasteiger partial charge in [-0.1, -0.05) is 12.0 Å². The van der Waals surface area contributed by atoms with Crippen molar-refractivity contribution in [1.29, 1.82) is 0 Å². The Morgan fingerprint density at radius 2 is 2.16 bits per heavy atom. The number of urea groups is 1. The van der Waals surface area contributed by atoms with Crippen molar-refractivity contribution in [2.45, 2.75) is 6.92 Å². The lowest BCUT2D eigenvalue weighted by molar-refractivity contribution is -0.122. The quantitative estimate of drug-likeness (QED) is 0.328. The van der Waals surface area contributed by atoms with E-state index in [2.05, 4.69) is 33.7 Å². The first-order valence-electron chi connectivity index (χ1n) is 7.49. The fourth-order valence-corrected chi connectivity index (χ4v) is 2.80. The second-order valence-electron chi connectivity index (χ2n) is 4.95. The molecule has 1 fully saturated rings. The minimum atomic E-state index is -0.478. The summed E-state index contributed by atoms with van der Waals surface area (Å²) in [5.41, 5.74) is 0.839. The van der Waals surface area contributed by atoms with Crippen LogP contribution in [-0.4, -0.2) is 36.6 Å². The number of imide groups is 1. The van der Waals surface area contributed by atoms with E-state index < -0.39 is 11.9 Å². The van der Waals surface area contributed by atoms with Gasteiger partial charge < -0.3 is 14.8 Å². The summed E-state index contributed by atoms with van der Waals surface area (Å²) in [6.07, 6.45) is 8.28. The third-order valence-corrected chi connectivity index (χ3v) is 3.81. The van der Waals surface area contributed by atoms with Crippen LogP contribution >= 0.6 is 15.9 Å². The SMILES string of the molecule is C#CCOc1c(Br)cc(/C=C2/NC(=O)N(CC=C)C2=O)cc1OCC. The van der Waals surface area contributed by atoms with Crippen LogP contribution in [0.25, 0.3) is 6.08 Å². The van der Waals surface area contributed by atoms with E-state index in [-0.39, 0.29) is 18.8 Å². The first-order valence-corrected chi connectivity index (χ1v) is 8.29. The van der Waals surface area contributed by atoms with Gasteiger partial charge in [-0.05, 0) is 46.6 Å². The summed E-state index contributed by atoms with van der Waals surface area (Å²) in [5.74, 6) is 2.96. The number of ether oxygens (including phenoxy) is 2. The molecule has 1 aromatic rings. The highest BCUT2D eigenvalue weighted by atomic mass is 79.9. The molecule has 7 heteroatoms. The molecule has 0 unspecified atom stereocenters. The molecule has 0 bridgehead atoms. The van der Waals surface area contributed by atoms with Crippen molar-refractivity contribution in [2.24, 2.45) is 0 Å². The van der Waals surface area contributed by atoms with E-state index in [1.807, 2.05) is 6.92 Å². The molecule has 1 aliphatic rings. The summed E-state index contributed by atoms with van der Waals surface area (Å²) in [5, 5.41) is 2.54. The summed E-state index contributed by atoms with van der Waals surface area (Å²) >= 11 is 3.41. The van der Waals surface area contributed by atoms with Crippen molar-refractivity contribution in [3.05, 3.63) is 40.5 Å². The molecule has 1 aromatic carbocycles. The summed E-state index contributed by atoms with van der Waals surface area (Å²) in [6, 6.07) is 2.98. The highest BCUT2D eigenvalue weighted by molar-refractivity contribution is 9.10. The lowest BCUT2D eigenvalue weighted by Crippen LogP contribution is -2.30. The molecule has 1 heterocycles. The standard InChI is InChI=1S/C18H17BrN2O4/c1-4-7-21-17(22)14(20-18(21)23)10-12-9-13(19)16(25-8-5-2)15(11-12)24-6-3/h2,4,9-11H,1,6-8H2,3H3,(H,20,23)/b14-10+. The second-order valence-corrected chi connectivity index (χ2v) is 5.80. The van der Waals surface area contributed by atoms with Gasteiger partial charge in [0.2, 0.25) is 0 Å². The molecule has 25 heavy (non-hydrogen) atoms. The number of carbonyl (C=O) groups excluding carboxylic acids is 2. The molecule has 1 aliphatic heterocycles. The number of terminal acetylenes is 1. The molecule has 3 amide bonds. The Bertz CT molecular complexity index is 780. The Morgan fingerprint density at radius 1 is 1.40 bits per heavy atom. The molecule has 1 N–H and O–H groups in total. The average molecular weight is 405 g/mol. The molecule has 0 saturated carbocycles. The van der Waals surface area contributed by atoms with Crippen molar-refractivity contribution in [3.8, 4) is 23.8 Å². The molecular formula is C18H17BrN2O4. The summed E-state index contributed by atoms with van der Waals surface area (Å²) in [7, 11) is 0. The van der Waals surface area contributed by atoms with Gasteiger partial charge in [-0.3, -0.25) is 9.69 Å². The van der Waals surface area contributed by atoms with Gasteiger partial charge in [-0.25, -0.2) is 4.79 Å². The molecule has 130 valence electrons. The van der Waals surface area contributed by atoms with Gasteiger partial charge in [0.05, 0.1) is 11.1 Å². The third kappa shape index (κ3) is 4.22. The molecular weight excluding hydrogens is 388 g/mol. The Kier molecular flexibility index (Phi) is 6.25. The first-order chi connectivity index (χ1) is 12.0. The molecule has 2 rings (SSSR count). The van der Waals surface area contributed by atoms with Crippen molar-refractivity contribution in [3.63, 3.8) is 0 Å². The number of nitrogens with one attached hydrogen (secondary N) is 1. The van der Waals surface area contributed by atoms with Crippen LogP contribution in [0.4, 0.5) is 4.79 Å². The Balaban J connectivity index is 2.37. The van der Waals surface area contributed by atoms with E-state index in [0.29, 0.717) is 28.1 Å². The lowest BCUT2D eigenvalue weighted by Gasteiger charge is -2.13. The van der Waals surface area contributed by atoms with Crippen LogP contribution in [0.15, 0.2) is 35.0 Å². The molecule has 0 radical (unpaired) electrons. The molecule has 1 saturated heterocycles. The monoisotopic (exact) mass is 404 g/mol. The molecule has 0 aliphatic carbocycles. The van der Waals surface area contributed by atoms with E-state index in [9.17, 15) is 9.59 Å². The van der Waals surface area contributed by atoms with Gasteiger partial charge in [0.15, 0.2) is 11.5 Å². The van der Waals surface area contributed by atoms with Gasteiger partial charge in [-0.15, -0.1) is 13.0 Å². The minimum absolute atomic E-state index is 0.101. The topological polar surface area (TPSA) is 67.9 Å². The van der Waals surface area contributed by atoms with Gasteiger partial charge in [0.1, 0.15) is 12.3 Å². The van der Waals surface area contributed by atoms with E-state index in [1.54, 1.807) is 18.2 Å². The average Bonchev–Trinajstić information content (AvgIpc) is 2.82. The van der Waals surface area contributed by atoms with Crippen molar-refractivity contribution < 1.29 is 19.1 Å². The number of carbonyl (C=O) groups is 2.